The highest BCUT2D eigenvalue weighted by molar-refractivity contribution is 7.89. The summed E-state index contributed by atoms with van der Waals surface area (Å²) in [5.74, 6) is -0.352. The number of hydrogen-bond donors (Lipinski definition) is 0. The van der Waals surface area contributed by atoms with Crippen LogP contribution in [0.2, 0.25) is 0 Å². The zero-order valence-electron chi connectivity index (χ0n) is 16.4. The maximum absolute atomic E-state index is 12.8. The van der Waals surface area contributed by atoms with Gasteiger partial charge >= 0.3 is 5.76 Å². The van der Waals surface area contributed by atoms with Crippen molar-refractivity contribution in [3.63, 3.8) is 0 Å². The highest BCUT2D eigenvalue weighted by atomic mass is 32.2. The van der Waals surface area contributed by atoms with E-state index in [-0.39, 0.29) is 10.7 Å². The number of sulfonamides is 1. The average molecular weight is 426 g/mol. The number of para-hydroxylation sites is 2. The van der Waals surface area contributed by atoms with Gasteiger partial charge in [-0.3, -0.25) is 4.57 Å². The second-order valence-electron chi connectivity index (χ2n) is 7.22. The van der Waals surface area contributed by atoms with Gasteiger partial charge in [-0.25, -0.2) is 13.2 Å². The third-order valence-corrected chi connectivity index (χ3v) is 7.30. The average Bonchev–Trinajstić information content (AvgIpc) is 3.09. The number of aromatic nitrogens is 1. The lowest BCUT2D eigenvalue weighted by Crippen LogP contribution is -2.48. The summed E-state index contributed by atoms with van der Waals surface area (Å²) in [4.78, 5) is 14.5. The Morgan fingerprint density at radius 1 is 0.967 bits per heavy atom. The largest absolute Gasteiger partial charge is 0.419 e. The zero-order valence-corrected chi connectivity index (χ0v) is 17.2. The molecule has 0 spiro atoms. The molecule has 1 aliphatic heterocycles. The summed E-state index contributed by atoms with van der Waals surface area (Å²) in [6.45, 7) is 3.43. The van der Waals surface area contributed by atoms with Crippen LogP contribution in [0.5, 0.6) is 0 Å². The van der Waals surface area contributed by atoms with Gasteiger partial charge in [0, 0.05) is 32.7 Å². The quantitative estimate of drug-likeness (QED) is 0.597. The fourth-order valence-corrected chi connectivity index (χ4v) is 5.14. The lowest BCUT2D eigenvalue weighted by molar-refractivity contribution is 0.184. The molecule has 0 radical (unpaired) electrons. The summed E-state index contributed by atoms with van der Waals surface area (Å²) in [5, 5.41) is 8.87. The Bertz CT molecular complexity index is 1230. The van der Waals surface area contributed by atoms with Crippen molar-refractivity contribution >= 4 is 21.1 Å². The molecule has 0 bridgehead atoms. The van der Waals surface area contributed by atoms with Crippen LogP contribution < -0.4 is 5.76 Å². The van der Waals surface area contributed by atoms with Crippen molar-refractivity contribution in [1.82, 2.24) is 13.8 Å². The van der Waals surface area contributed by atoms with Crippen LogP contribution in [0.15, 0.2) is 62.6 Å². The number of hydrogen-bond acceptors (Lipinski definition) is 6. The molecule has 9 heteroatoms. The summed E-state index contributed by atoms with van der Waals surface area (Å²) < 4.78 is 34.0. The second kappa shape index (κ2) is 8.44. The summed E-state index contributed by atoms with van der Waals surface area (Å²) in [5.41, 5.74) is 1.81. The smallest absolute Gasteiger partial charge is 0.408 e. The summed E-state index contributed by atoms with van der Waals surface area (Å²) >= 11 is 0. The molecule has 2 heterocycles. The van der Waals surface area contributed by atoms with Crippen molar-refractivity contribution in [2.45, 2.75) is 17.9 Å². The molecule has 1 aromatic heterocycles. The summed E-state index contributed by atoms with van der Waals surface area (Å²) in [6.07, 6.45) is 0.770. The first-order chi connectivity index (χ1) is 14.5. The Balaban J connectivity index is 1.32. The molecule has 30 heavy (non-hydrogen) atoms. The van der Waals surface area contributed by atoms with Gasteiger partial charge in [0.15, 0.2) is 5.58 Å². The molecule has 1 fully saturated rings. The SMILES string of the molecule is N#Cc1ccc(S(=O)(=O)N2CCN(CCCn3c(=O)oc4ccccc43)CC2)cc1. The van der Waals surface area contributed by atoms with Crippen LogP contribution in [0.4, 0.5) is 0 Å². The Morgan fingerprint density at radius 3 is 2.37 bits per heavy atom. The van der Waals surface area contributed by atoms with Crippen LogP contribution in [-0.2, 0) is 16.6 Å². The molecule has 156 valence electrons. The van der Waals surface area contributed by atoms with Crippen molar-refractivity contribution in [1.29, 1.82) is 5.26 Å². The number of benzene rings is 2. The molecule has 4 rings (SSSR count). The van der Waals surface area contributed by atoms with E-state index in [9.17, 15) is 13.2 Å². The van der Waals surface area contributed by atoms with Crippen LogP contribution in [0.3, 0.4) is 0 Å². The summed E-state index contributed by atoms with van der Waals surface area (Å²) in [7, 11) is -3.56. The van der Waals surface area contributed by atoms with E-state index in [1.165, 1.54) is 28.6 Å². The van der Waals surface area contributed by atoms with Gasteiger partial charge in [0.1, 0.15) is 0 Å². The van der Waals surface area contributed by atoms with E-state index >= 15 is 0 Å². The molecule has 2 aromatic carbocycles. The minimum atomic E-state index is -3.56. The molecule has 0 saturated carbocycles. The third kappa shape index (κ3) is 4.03. The van der Waals surface area contributed by atoms with E-state index in [4.69, 9.17) is 9.68 Å². The van der Waals surface area contributed by atoms with Crippen molar-refractivity contribution in [2.75, 3.05) is 32.7 Å². The van der Waals surface area contributed by atoms with Crippen molar-refractivity contribution < 1.29 is 12.8 Å². The van der Waals surface area contributed by atoms with E-state index in [1.54, 1.807) is 10.6 Å². The zero-order chi connectivity index (χ0) is 21.1. The lowest BCUT2D eigenvalue weighted by Gasteiger charge is -2.34. The van der Waals surface area contributed by atoms with Gasteiger partial charge in [-0.2, -0.15) is 9.57 Å². The van der Waals surface area contributed by atoms with Gasteiger partial charge in [0.25, 0.3) is 0 Å². The number of aryl methyl sites for hydroxylation is 1. The molecule has 0 atom stereocenters. The standard InChI is InChI=1S/C21H22N4O4S/c22-16-17-6-8-18(9-7-17)30(27,28)24-14-12-23(13-15-24)10-3-11-25-19-4-1-2-5-20(19)29-21(25)26/h1-2,4-9H,3,10-15H2. The molecule has 1 aliphatic rings. The summed E-state index contributed by atoms with van der Waals surface area (Å²) in [6, 6.07) is 15.3. The third-order valence-electron chi connectivity index (χ3n) is 5.38. The number of nitriles is 1. The predicted molar refractivity (Wildman–Crippen MR) is 111 cm³/mol. The van der Waals surface area contributed by atoms with Crippen molar-refractivity contribution in [3.8, 4) is 6.07 Å². The molecule has 1 saturated heterocycles. The van der Waals surface area contributed by atoms with Crippen LogP contribution in [0, 0.1) is 11.3 Å². The van der Waals surface area contributed by atoms with Crippen LogP contribution in [0.1, 0.15) is 12.0 Å². The molecular weight excluding hydrogens is 404 g/mol. The second-order valence-corrected chi connectivity index (χ2v) is 9.16. The molecular formula is C21H22N4O4S. The van der Waals surface area contributed by atoms with E-state index < -0.39 is 10.0 Å². The Hall–Kier alpha value is -2.93. The van der Waals surface area contributed by atoms with E-state index in [0.29, 0.717) is 43.9 Å². The number of fused-ring (bicyclic) bond motifs is 1. The van der Waals surface area contributed by atoms with Gasteiger partial charge in [0.2, 0.25) is 10.0 Å². The Morgan fingerprint density at radius 2 is 1.67 bits per heavy atom. The molecule has 0 unspecified atom stereocenters. The van der Waals surface area contributed by atoms with Crippen LogP contribution in [0.25, 0.3) is 11.1 Å². The maximum atomic E-state index is 12.8. The minimum absolute atomic E-state index is 0.209. The van der Waals surface area contributed by atoms with Crippen LogP contribution in [-0.4, -0.2) is 54.9 Å². The minimum Gasteiger partial charge on any atom is -0.408 e. The number of nitrogens with zero attached hydrogens (tertiary/aromatic N) is 4. The molecule has 0 aliphatic carbocycles. The van der Waals surface area contributed by atoms with E-state index in [1.807, 2.05) is 24.3 Å². The first kappa shape index (κ1) is 20.3. The van der Waals surface area contributed by atoms with Crippen LogP contribution >= 0.6 is 0 Å². The first-order valence-corrected chi connectivity index (χ1v) is 11.2. The maximum Gasteiger partial charge on any atom is 0.419 e. The topological polar surface area (TPSA) is 99.5 Å². The van der Waals surface area contributed by atoms with E-state index in [2.05, 4.69) is 4.90 Å². The predicted octanol–water partition coefficient (Wildman–Crippen LogP) is 1.86. The van der Waals surface area contributed by atoms with Gasteiger partial charge in [-0.05, 0) is 49.4 Å². The fraction of sp³-hybridized carbons (Fsp3) is 0.333. The number of rotatable bonds is 6. The first-order valence-electron chi connectivity index (χ1n) is 9.80. The van der Waals surface area contributed by atoms with Crippen molar-refractivity contribution in [2.24, 2.45) is 0 Å². The molecule has 3 aromatic rings. The molecule has 0 amide bonds. The number of oxazole rings is 1. The van der Waals surface area contributed by atoms with Crippen molar-refractivity contribution in [3.05, 3.63) is 64.6 Å². The van der Waals surface area contributed by atoms with Gasteiger partial charge in [-0.1, -0.05) is 12.1 Å². The lowest BCUT2D eigenvalue weighted by atomic mass is 10.2. The fourth-order valence-electron chi connectivity index (χ4n) is 3.72. The van der Waals surface area contributed by atoms with Gasteiger partial charge in [-0.15, -0.1) is 0 Å². The molecule has 8 nitrogen and oxygen atoms in total. The normalized spacial score (nSPS) is 16.0. The monoisotopic (exact) mass is 426 g/mol. The van der Waals surface area contributed by atoms with Gasteiger partial charge < -0.3 is 9.32 Å². The molecule has 0 N–H and O–H groups in total. The highest BCUT2D eigenvalue weighted by Crippen LogP contribution is 2.18. The highest BCUT2D eigenvalue weighted by Gasteiger charge is 2.28. The van der Waals surface area contributed by atoms with E-state index in [0.717, 1.165) is 18.5 Å². The Kier molecular flexibility index (Phi) is 5.72. The Labute approximate surface area is 174 Å². The number of piperazine rings is 1. The van der Waals surface area contributed by atoms with Gasteiger partial charge in [0.05, 0.1) is 22.0 Å².